The second-order valence-electron chi connectivity index (χ2n) is 7.98. The zero-order chi connectivity index (χ0) is 23.5. The Hall–Kier alpha value is -3.87. The van der Waals surface area contributed by atoms with Crippen molar-refractivity contribution in [3.05, 3.63) is 71.9 Å². The summed E-state index contributed by atoms with van der Waals surface area (Å²) in [6.07, 6.45) is -0.816. The highest BCUT2D eigenvalue weighted by Gasteiger charge is 2.37. The van der Waals surface area contributed by atoms with Crippen molar-refractivity contribution in [3.8, 4) is 22.4 Å². The van der Waals surface area contributed by atoms with Gasteiger partial charge in [0.05, 0.1) is 19.9 Å². The summed E-state index contributed by atoms with van der Waals surface area (Å²) < 4.78 is 16.7. The van der Waals surface area contributed by atoms with Gasteiger partial charge in [-0.1, -0.05) is 60.7 Å². The summed E-state index contributed by atoms with van der Waals surface area (Å²) in [7, 11) is 2.39. The SMILES string of the molecule is COC(=O)c1c(-c2ccccc2)c(-c2ccccc2)n(C(=O)OC(C)(C)C)c1C(=O)OC. The number of hydrogen-bond donors (Lipinski definition) is 0. The normalized spacial score (nSPS) is 11.0. The molecule has 0 saturated heterocycles. The van der Waals surface area contributed by atoms with Crippen molar-refractivity contribution in [2.45, 2.75) is 26.4 Å². The van der Waals surface area contributed by atoms with Crippen molar-refractivity contribution in [2.24, 2.45) is 0 Å². The maximum Gasteiger partial charge on any atom is 0.419 e. The molecule has 7 heteroatoms. The lowest BCUT2D eigenvalue weighted by molar-refractivity contribution is 0.0478. The first-order valence-electron chi connectivity index (χ1n) is 9.99. The predicted octanol–water partition coefficient (Wildman–Crippen LogP) is 5.18. The number of hydrogen-bond acceptors (Lipinski definition) is 6. The minimum atomic E-state index is -0.865. The molecule has 166 valence electrons. The van der Waals surface area contributed by atoms with E-state index in [9.17, 15) is 14.4 Å². The van der Waals surface area contributed by atoms with Gasteiger partial charge in [0.1, 0.15) is 11.2 Å². The lowest BCUT2D eigenvalue weighted by atomic mass is 9.97. The second kappa shape index (κ2) is 9.09. The molecular weight excluding hydrogens is 410 g/mol. The number of rotatable bonds is 4. The van der Waals surface area contributed by atoms with Gasteiger partial charge in [0.2, 0.25) is 0 Å². The fourth-order valence-corrected chi connectivity index (χ4v) is 3.41. The number of ether oxygens (including phenoxy) is 3. The minimum Gasteiger partial charge on any atom is -0.465 e. The van der Waals surface area contributed by atoms with Crippen molar-refractivity contribution < 1.29 is 28.6 Å². The standard InChI is InChI=1S/C25H25NO6/c1-25(2,3)32-24(29)26-20(17-14-10-7-11-15-17)18(16-12-8-6-9-13-16)19(22(27)30-4)21(26)23(28)31-5/h6-15H,1-5H3. The van der Waals surface area contributed by atoms with Gasteiger partial charge in [-0.15, -0.1) is 0 Å². The Balaban J connectivity index is 2.53. The van der Waals surface area contributed by atoms with Gasteiger partial charge in [-0.3, -0.25) is 0 Å². The van der Waals surface area contributed by atoms with Crippen LogP contribution in [0.1, 0.15) is 41.6 Å². The molecule has 0 spiro atoms. The van der Waals surface area contributed by atoms with E-state index >= 15 is 0 Å². The van der Waals surface area contributed by atoms with Crippen LogP contribution in [0.3, 0.4) is 0 Å². The van der Waals surface area contributed by atoms with Gasteiger partial charge in [0, 0.05) is 5.56 Å². The van der Waals surface area contributed by atoms with E-state index in [0.717, 1.165) is 4.57 Å². The Morgan fingerprint density at radius 1 is 0.750 bits per heavy atom. The minimum absolute atomic E-state index is 0.0738. The van der Waals surface area contributed by atoms with Crippen LogP contribution in [0.5, 0.6) is 0 Å². The molecule has 0 atom stereocenters. The van der Waals surface area contributed by atoms with Crippen molar-refractivity contribution in [1.29, 1.82) is 0 Å². The van der Waals surface area contributed by atoms with Gasteiger partial charge in [0.15, 0.2) is 5.69 Å². The van der Waals surface area contributed by atoms with Crippen molar-refractivity contribution >= 4 is 18.0 Å². The van der Waals surface area contributed by atoms with Gasteiger partial charge in [-0.2, -0.15) is 0 Å². The van der Waals surface area contributed by atoms with E-state index in [1.165, 1.54) is 14.2 Å². The highest BCUT2D eigenvalue weighted by atomic mass is 16.6. The zero-order valence-corrected chi connectivity index (χ0v) is 18.7. The molecule has 0 unspecified atom stereocenters. The first-order chi connectivity index (χ1) is 15.2. The Bertz CT molecular complexity index is 1140. The molecule has 3 aromatic rings. The topological polar surface area (TPSA) is 83.8 Å². The maximum atomic E-state index is 13.4. The lowest BCUT2D eigenvalue weighted by Crippen LogP contribution is -2.30. The van der Waals surface area contributed by atoms with Gasteiger partial charge >= 0.3 is 18.0 Å². The van der Waals surface area contributed by atoms with Gasteiger partial charge in [-0.25, -0.2) is 19.0 Å². The van der Waals surface area contributed by atoms with E-state index in [0.29, 0.717) is 22.4 Å². The van der Waals surface area contributed by atoms with E-state index in [2.05, 4.69) is 0 Å². The van der Waals surface area contributed by atoms with E-state index in [1.807, 2.05) is 12.1 Å². The average molecular weight is 435 g/mol. The van der Waals surface area contributed by atoms with E-state index in [4.69, 9.17) is 14.2 Å². The summed E-state index contributed by atoms with van der Waals surface area (Å²) in [6.45, 7) is 5.15. The van der Waals surface area contributed by atoms with Crippen molar-refractivity contribution in [2.75, 3.05) is 14.2 Å². The number of benzene rings is 2. The quantitative estimate of drug-likeness (QED) is 0.415. The number of esters is 2. The predicted molar refractivity (Wildman–Crippen MR) is 120 cm³/mol. The van der Waals surface area contributed by atoms with Gasteiger partial charge < -0.3 is 14.2 Å². The van der Waals surface area contributed by atoms with Crippen LogP contribution in [-0.4, -0.2) is 42.4 Å². The third-order valence-corrected chi connectivity index (χ3v) is 4.62. The number of methoxy groups -OCH3 is 2. The molecule has 0 aliphatic carbocycles. The van der Waals surface area contributed by atoms with Crippen molar-refractivity contribution in [3.63, 3.8) is 0 Å². The van der Waals surface area contributed by atoms with Crippen molar-refractivity contribution in [1.82, 2.24) is 4.57 Å². The molecule has 0 aliphatic rings. The van der Waals surface area contributed by atoms with Crippen LogP contribution < -0.4 is 0 Å². The Morgan fingerprint density at radius 2 is 1.25 bits per heavy atom. The van der Waals surface area contributed by atoms with Crippen LogP contribution in [0.2, 0.25) is 0 Å². The van der Waals surface area contributed by atoms with Gasteiger partial charge in [0.25, 0.3) is 0 Å². The number of aromatic nitrogens is 1. The number of carbonyl (C=O) groups is 3. The molecule has 0 fully saturated rings. The molecule has 0 N–H and O–H groups in total. The first-order valence-corrected chi connectivity index (χ1v) is 9.99. The van der Waals surface area contributed by atoms with Crippen LogP contribution in [0.25, 0.3) is 22.4 Å². The molecule has 0 bridgehead atoms. The monoisotopic (exact) mass is 435 g/mol. The fourth-order valence-electron chi connectivity index (χ4n) is 3.41. The lowest BCUT2D eigenvalue weighted by Gasteiger charge is -2.21. The summed E-state index contributed by atoms with van der Waals surface area (Å²) in [5.74, 6) is -1.64. The van der Waals surface area contributed by atoms with Crippen LogP contribution in [0.15, 0.2) is 60.7 Å². The van der Waals surface area contributed by atoms with E-state index < -0.39 is 23.6 Å². The number of nitrogens with zero attached hydrogens (tertiary/aromatic N) is 1. The van der Waals surface area contributed by atoms with Crippen LogP contribution in [0, 0.1) is 0 Å². The molecule has 0 saturated carbocycles. The summed E-state index contributed by atoms with van der Waals surface area (Å²) in [4.78, 5) is 39.3. The highest BCUT2D eigenvalue weighted by molar-refractivity contribution is 6.13. The molecule has 1 aromatic heterocycles. The number of carbonyl (C=O) groups excluding carboxylic acids is 3. The van der Waals surface area contributed by atoms with Gasteiger partial charge in [-0.05, 0) is 31.9 Å². The van der Waals surface area contributed by atoms with Crippen LogP contribution in [-0.2, 0) is 14.2 Å². The van der Waals surface area contributed by atoms with E-state index in [-0.39, 0.29) is 11.3 Å². The van der Waals surface area contributed by atoms with Crippen LogP contribution in [0.4, 0.5) is 4.79 Å². The highest BCUT2D eigenvalue weighted by Crippen LogP contribution is 2.40. The Labute approximate surface area is 186 Å². The Kier molecular flexibility index (Phi) is 6.48. The molecule has 2 aromatic carbocycles. The molecule has 32 heavy (non-hydrogen) atoms. The molecule has 7 nitrogen and oxygen atoms in total. The summed E-state index contributed by atoms with van der Waals surface area (Å²) in [6, 6.07) is 18.0. The summed E-state index contributed by atoms with van der Waals surface area (Å²) in [5, 5.41) is 0. The zero-order valence-electron chi connectivity index (χ0n) is 18.7. The molecular formula is C25H25NO6. The molecule has 0 amide bonds. The molecule has 0 aliphatic heterocycles. The van der Waals surface area contributed by atoms with Crippen LogP contribution >= 0.6 is 0 Å². The molecule has 3 rings (SSSR count). The third-order valence-electron chi connectivity index (χ3n) is 4.62. The first kappa shape index (κ1) is 22.8. The third kappa shape index (κ3) is 4.42. The largest absolute Gasteiger partial charge is 0.465 e. The summed E-state index contributed by atoms with van der Waals surface area (Å²) >= 11 is 0. The maximum absolute atomic E-state index is 13.4. The summed E-state index contributed by atoms with van der Waals surface area (Å²) in [5.41, 5.74) is 0.751. The average Bonchev–Trinajstić information content (AvgIpc) is 3.14. The fraction of sp³-hybridized carbons (Fsp3) is 0.240. The van der Waals surface area contributed by atoms with E-state index in [1.54, 1.807) is 69.3 Å². The Morgan fingerprint density at radius 3 is 1.72 bits per heavy atom. The smallest absolute Gasteiger partial charge is 0.419 e. The molecule has 1 heterocycles. The molecule has 0 radical (unpaired) electrons. The second-order valence-corrected chi connectivity index (χ2v) is 7.98.